The van der Waals surface area contributed by atoms with E-state index in [4.69, 9.17) is 9.47 Å². The molecule has 1 fully saturated rings. The zero-order valence-corrected chi connectivity index (χ0v) is 12.4. The maximum atomic E-state index is 5.93. The Bertz CT molecular complexity index is 392. The fraction of sp³-hybridized carbons (Fsp3) is 0.647. The number of aryl methyl sites for hydroxylation is 1. The first-order valence-electron chi connectivity index (χ1n) is 7.52. The van der Waals surface area contributed by atoms with Gasteiger partial charge in [-0.2, -0.15) is 0 Å². The van der Waals surface area contributed by atoms with E-state index in [1.165, 1.54) is 24.0 Å². The highest BCUT2D eigenvalue weighted by Gasteiger charge is 2.14. The second kappa shape index (κ2) is 6.95. The van der Waals surface area contributed by atoms with Gasteiger partial charge in [0.15, 0.2) is 0 Å². The lowest BCUT2D eigenvalue weighted by molar-refractivity contribution is 0.0981. The SMILES string of the molecule is Cc1ccc(C(C)C)cc1OCCCC1CCCO1. The minimum atomic E-state index is 0.478. The number of hydrogen-bond donors (Lipinski definition) is 0. The molecule has 2 nitrogen and oxygen atoms in total. The molecule has 0 N–H and O–H groups in total. The number of rotatable bonds is 6. The van der Waals surface area contributed by atoms with Gasteiger partial charge in [-0.15, -0.1) is 0 Å². The van der Waals surface area contributed by atoms with Crippen molar-refractivity contribution in [3.05, 3.63) is 29.3 Å². The van der Waals surface area contributed by atoms with E-state index in [0.29, 0.717) is 12.0 Å². The molecular weight excluding hydrogens is 236 g/mol. The van der Waals surface area contributed by atoms with Crippen molar-refractivity contribution in [3.8, 4) is 5.75 Å². The summed E-state index contributed by atoms with van der Waals surface area (Å²) in [5.74, 6) is 1.59. The Balaban J connectivity index is 1.79. The fourth-order valence-corrected chi connectivity index (χ4v) is 2.50. The average Bonchev–Trinajstić information content (AvgIpc) is 2.89. The van der Waals surface area contributed by atoms with E-state index in [1.54, 1.807) is 0 Å². The van der Waals surface area contributed by atoms with Crippen LogP contribution in [0.4, 0.5) is 0 Å². The van der Waals surface area contributed by atoms with Gasteiger partial charge in [0.05, 0.1) is 12.7 Å². The molecule has 2 rings (SSSR count). The minimum Gasteiger partial charge on any atom is -0.493 e. The van der Waals surface area contributed by atoms with Crippen molar-refractivity contribution in [3.63, 3.8) is 0 Å². The van der Waals surface area contributed by atoms with Gasteiger partial charge in [-0.25, -0.2) is 0 Å². The first kappa shape index (κ1) is 14.4. The van der Waals surface area contributed by atoms with Crippen LogP contribution in [0.3, 0.4) is 0 Å². The molecule has 0 bridgehead atoms. The lowest BCUT2D eigenvalue weighted by Crippen LogP contribution is -2.08. The molecule has 1 aliphatic heterocycles. The average molecular weight is 262 g/mol. The van der Waals surface area contributed by atoms with Crippen molar-refractivity contribution >= 4 is 0 Å². The summed E-state index contributed by atoms with van der Waals surface area (Å²) >= 11 is 0. The van der Waals surface area contributed by atoms with Crippen molar-refractivity contribution in [2.75, 3.05) is 13.2 Å². The summed E-state index contributed by atoms with van der Waals surface area (Å²) in [5, 5.41) is 0. The Morgan fingerprint density at radius 2 is 2.21 bits per heavy atom. The molecule has 19 heavy (non-hydrogen) atoms. The number of benzene rings is 1. The Morgan fingerprint density at radius 1 is 1.37 bits per heavy atom. The fourth-order valence-electron chi connectivity index (χ4n) is 2.50. The standard InChI is InChI=1S/C17H26O2/c1-13(2)15-9-8-14(3)17(12-15)19-11-5-7-16-6-4-10-18-16/h8-9,12-13,16H,4-7,10-11H2,1-3H3. The van der Waals surface area contributed by atoms with Crippen molar-refractivity contribution in [2.45, 2.75) is 58.5 Å². The van der Waals surface area contributed by atoms with Crippen LogP contribution in [0.2, 0.25) is 0 Å². The van der Waals surface area contributed by atoms with Crippen LogP contribution in [0.5, 0.6) is 5.75 Å². The molecule has 0 amide bonds. The van der Waals surface area contributed by atoms with Crippen molar-refractivity contribution < 1.29 is 9.47 Å². The lowest BCUT2D eigenvalue weighted by atomic mass is 10.0. The van der Waals surface area contributed by atoms with Crippen LogP contribution in [-0.2, 0) is 4.74 Å². The molecule has 0 aliphatic carbocycles. The summed E-state index contributed by atoms with van der Waals surface area (Å²) in [6.45, 7) is 8.28. The van der Waals surface area contributed by atoms with E-state index in [0.717, 1.165) is 31.8 Å². The molecule has 0 radical (unpaired) electrons. The van der Waals surface area contributed by atoms with E-state index >= 15 is 0 Å². The van der Waals surface area contributed by atoms with Gasteiger partial charge >= 0.3 is 0 Å². The molecule has 1 aromatic rings. The smallest absolute Gasteiger partial charge is 0.122 e. The zero-order chi connectivity index (χ0) is 13.7. The maximum absolute atomic E-state index is 5.93. The van der Waals surface area contributed by atoms with Crippen LogP contribution in [0.1, 0.15) is 56.6 Å². The van der Waals surface area contributed by atoms with E-state index in [-0.39, 0.29) is 0 Å². The minimum absolute atomic E-state index is 0.478. The highest BCUT2D eigenvalue weighted by Crippen LogP contribution is 2.24. The summed E-state index contributed by atoms with van der Waals surface area (Å²) in [5.41, 5.74) is 2.57. The van der Waals surface area contributed by atoms with Crippen molar-refractivity contribution in [1.82, 2.24) is 0 Å². The largest absolute Gasteiger partial charge is 0.493 e. The summed E-state index contributed by atoms with van der Waals surface area (Å²) in [7, 11) is 0. The van der Waals surface area contributed by atoms with Gasteiger partial charge in [0.1, 0.15) is 5.75 Å². The third-order valence-electron chi connectivity index (χ3n) is 3.83. The lowest BCUT2D eigenvalue weighted by Gasteiger charge is -2.14. The maximum Gasteiger partial charge on any atom is 0.122 e. The highest BCUT2D eigenvalue weighted by atomic mass is 16.5. The molecule has 106 valence electrons. The van der Waals surface area contributed by atoms with Crippen LogP contribution in [0.15, 0.2) is 18.2 Å². The van der Waals surface area contributed by atoms with E-state index in [1.807, 2.05) is 0 Å². The molecule has 0 aromatic heterocycles. The predicted octanol–water partition coefficient (Wildman–Crippen LogP) is 4.46. The molecule has 1 heterocycles. The topological polar surface area (TPSA) is 18.5 Å². The third-order valence-corrected chi connectivity index (χ3v) is 3.83. The monoisotopic (exact) mass is 262 g/mol. The quantitative estimate of drug-likeness (QED) is 0.705. The summed E-state index contributed by atoms with van der Waals surface area (Å²) in [6, 6.07) is 6.54. The van der Waals surface area contributed by atoms with E-state index in [9.17, 15) is 0 Å². The third kappa shape index (κ3) is 4.24. The summed E-state index contributed by atoms with van der Waals surface area (Å²) in [4.78, 5) is 0. The number of ether oxygens (including phenoxy) is 2. The molecule has 1 aliphatic rings. The van der Waals surface area contributed by atoms with E-state index < -0.39 is 0 Å². The van der Waals surface area contributed by atoms with Crippen LogP contribution in [-0.4, -0.2) is 19.3 Å². The summed E-state index contributed by atoms with van der Waals surface area (Å²) in [6.07, 6.45) is 5.13. The molecule has 0 saturated carbocycles. The van der Waals surface area contributed by atoms with Gasteiger partial charge in [-0.3, -0.25) is 0 Å². The first-order valence-corrected chi connectivity index (χ1v) is 7.52. The van der Waals surface area contributed by atoms with Gasteiger partial charge in [0.25, 0.3) is 0 Å². The molecular formula is C17H26O2. The van der Waals surface area contributed by atoms with Gasteiger partial charge in [0, 0.05) is 6.61 Å². The zero-order valence-electron chi connectivity index (χ0n) is 12.4. The van der Waals surface area contributed by atoms with Gasteiger partial charge in [-0.1, -0.05) is 26.0 Å². The normalized spacial score (nSPS) is 19.1. The second-order valence-corrected chi connectivity index (χ2v) is 5.81. The molecule has 1 atom stereocenters. The first-order chi connectivity index (χ1) is 9.16. The Labute approximate surface area is 117 Å². The van der Waals surface area contributed by atoms with Crippen molar-refractivity contribution in [2.24, 2.45) is 0 Å². The Morgan fingerprint density at radius 3 is 2.89 bits per heavy atom. The molecule has 0 spiro atoms. The second-order valence-electron chi connectivity index (χ2n) is 5.81. The van der Waals surface area contributed by atoms with Crippen molar-refractivity contribution in [1.29, 1.82) is 0 Å². The Hall–Kier alpha value is -1.02. The summed E-state index contributed by atoms with van der Waals surface area (Å²) < 4.78 is 11.6. The Kier molecular flexibility index (Phi) is 5.26. The van der Waals surface area contributed by atoms with Gasteiger partial charge < -0.3 is 9.47 Å². The molecule has 1 aromatic carbocycles. The van der Waals surface area contributed by atoms with Crippen LogP contribution in [0, 0.1) is 6.92 Å². The molecule has 1 saturated heterocycles. The van der Waals surface area contributed by atoms with Crippen LogP contribution in [0.25, 0.3) is 0 Å². The number of hydrogen-bond acceptors (Lipinski definition) is 2. The molecule has 2 heteroatoms. The predicted molar refractivity (Wildman–Crippen MR) is 79.0 cm³/mol. The van der Waals surface area contributed by atoms with Crippen LogP contribution >= 0.6 is 0 Å². The highest BCUT2D eigenvalue weighted by molar-refractivity contribution is 5.37. The molecule has 1 unspecified atom stereocenters. The van der Waals surface area contributed by atoms with Gasteiger partial charge in [-0.05, 0) is 55.7 Å². The van der Waals surface area contributed by atoms with Crippen LogP contribution < -0.4 is 4.74 Å². The van der Waals surface area contributed by atoms with Gasteiger partial charge in [0.2, 0.25) is 0 Å². The van der Waals surface area contributed by atoms with E-state index in [2.05, 4.69) is 39.0 Å².